The monoisotopic (exact) mass is 291 g/mol. The van der Waals surface area contributed by atoms with Crippen LogP contribution in [0.2, 0.25) is 0 Å². The van der Waals surface area contributed by atoms with Gasteiger partial charge in [0.1, 0.15) is 5.82 Å². The number of nitrogens with zero attached hydrogens (tertiary/aromatic N) is 4. The van der Waals surface area contributed by atoms with Gasteiger partial charge >= 0.3 is 0 Å². The second-order valence-electron chi connectivity index (χ2n) is 6.55. The first kappa shape index (κ1) is 16.2. The Balaban J connectivity index is 2.06. The number of anilines is 1. The van der Waals surface area contributed by atoms with Crippen molar-refractivity contribution in [2.24, 2.45) is 11.7 Å². The maximum absolute atomic E-state index is 5.89. The van der Waals surface area contributed by atoms with Crippen molar-refractivity contribution in [3.8, 4) is 0 Å². The minimum Gasteiger partial charge on any atom is -0.372 e. The highest BCUT2D eigenvalue weighted by molar-refractivity contribution is 5.48. The highest BCUT2D eigenvalue weighted by atomic mass is 15.1. The summed E-state index contributed by atoms with van der Waals surface area (Å²) in [7, 11) is 4.33. The molecule has 0 aliphatic carbocycles. The minimum absolute atomic E-state index is 0.337. The van der Waals surface area contributed by atoms with E-state index >= 15 is 0 Å². The number of rotatable bonds is 5. The third kappa shape index (κ3) is 4.14. The summed E-state index contributed by atoms with van der Waals surface area (Å²) < 4.78 is 0. The van der Waals surface area contributed by atoms with E-state index in [1.54, 1.807) is 0 Å². The maximum atomic E-state index is 5.89. The molecule has 0 unspecified atom stereocenters. The van der Waals surface area contributed by atoms with Gasteiger partial charge < -0.3 is 15.5 Å². The van der Waals surface area contributed by atoms with E-state index in [0.29, 0.717) is 12.5 Å². The summed E-state index contributed by atoms with van der Waals surface area (Å²) in [6.07, 6.45) is 4.48. The highest BCUT2D eigenvalue weighted by Gasteiger charge is 2.20. The smallest absolute Gasteiger partial charge is 0.131 e. The third-order valence-corrected chi connectivity index (χ3v) is 4.36. The molecule has 0 spiro atoms. The van der Waals surface area contributed by atoms with Gasteiger partial charge in [0.2, 0.25) is 0 Å². The normalized spacial score (nSPS) is 17.4. The first-order valence-electron chi connectivity index (χ1n) is 7.96. The minimum atomic E-state index is 0.337. The first-order valence-corrected chi connectivity index (χ1v) is 7.96. The average Bonchev–Trinajstić information content (AvgIpc) is 2.48. The van der Waals surface area contributed by atoms with Crippen molar-refractivity contribution in [1.82, 2.24) is 14.9 Å². The van der Waals surface area contributed by atoms with Gasteiger partial charge in [-0.3, -0.25) is 0 Å². The first-order chi connectivity index (χ1) is 10.0. The fourth-order valence-electron chi connectivity index (χ4n) is 2.90. The zero-order chi connectivity index (χ0) is 15.4. The molecule has 0 amide bonds. The zero-order valence-electron chi connectivity index (χ0n) is 13.8. The van der Waals surface area contributed by atoms with Gasteiger partial charge in [-0.05, 0) is 38.9 Å². The van der Waals surface area contributed by atoms with Crippen molar-refractivity contribution in [2.45, 2.75) is 39.2 Å². The molecule has 0 saturated carbocycles. The summed E-state index contributed by atoms with van der Waals surface area (Å²) >= 11 is 0. The van der Waals surface area contributed by atoms with E-state index in [1.807, 2.05) is 6.20 Å². The Kier molecular flexibility index (Phi) is 5.53. The molecular formula is C16H29N5. The van der Waals surface area contributed by atoms with Crippen LogP contribution in [0.5, 0.6) is 0 Å². The number of nitrogens with two attached hydrogens (primary N) is 1. The Morgan fingerprint density at radius 1 is 1.38 bits per heavy atom. The van der Waals surface area contributed by atoms with Crippen LogP contribution in [0.4, 0.5) is 5.69 Å². The molecule has 0 radical (unpaired) electrons. The molecule has 1 fully saturated rings. The lowest BCUT2D eigenvalue weighted by Crippen LogP contribution is -2.36. The fraction of sp³-hybridized carbons (Fsp3) is 0.750. The summed E-state index contributed by atoms with van der Waals surface area (Å²) in [6.45, 7) is 8.14. The van der Waals surface area contributed by atoms with Crippen LogP contribution in [-0.4, -0.2) is 48.6 Å². The lowest BCUT2D eigenvalue weighted by Gasteiger charge is -2.32. The molecule has 0 aromatic carbocycles. The lowest BCUT2D eigenvalue weighted by atomic mass is 9.96. The molecule has 1 aromatic heterocycles. The van der Waals surface area contributed by atoms with Crippen LogP contribution in [0.3, 0.4) is 0 Å². The predicted octanol–water partition coefficient (Wildman–Crippen LogP) is 1.84. The van der Waals surface area contributed by atoms with Gasteiger partial charge in [0.15, 0.2) is 0 Å². The standard InChI is InChI=1S/C16H29N5/c1-12(2)16-18-10-15(14(9-17)19-16)21(4)11-13-5-7-20(3)8-6-13/h10,12-13H,5-9,11,17H2,1-4H3. The molecule has 0 atom stereocenters. The van der Waals surface area contributed by atoms with Gasteiger partial charge in [-0.25, -0.2) is 9.97 Å². The van der Waals surface area contributed by atoms with Crippen molar-refractivity contribution >= 4 is 5.69 Å². The topological polar surface area (TPSA) is 58.3 Å². The van der Waals surface area contributed by atoms with E-state index in [4.69, 9.17) is 5.73 Å². The number of likely N-dealkylation sites (tertiary alicyclic amines) is 1. The Bertz CT molecular complexity index is 452. The van der Waals surface area contributed by atoms with E-state index in [2.05, 4.69) is 47.7 Å². The molecule has 5 nitrogen and oxygen atoms in total. The van der Waals surface area contributed by atoms with E-state index in [1.165, 1.54) is 25.9 Å². The molecule has 1 aliphatic heterocycles. The largest absolute Gasteiger partial charge is 0.372 e. The molecule has 118 valence electrons. The second-order valence-corrected chi connectivity index (χ2v) is 6.55. The third-order valence-electron chi connectivity index (χ3n) is 4.36. The Labute approximate surface area is 128 Å². The van der Waals surface area contributed by atoms with Gasteiger partial charge in [-0.2, -0.15) is 0 Å². The number of piperidine rings is 1. The van der Waals surface area contributed by atoms with E-state index in [9.17, 15) is 0 Å². The molecule has 1 aromatic rings. The number of hydrogen-bond acceptors (Lipinski definition) is 5. The molecule has 2 N–H and O–H groups in total. The zero-order valence-corrected chi connectivity index (χ0v) is 13.8. The molecule has 5 heteroatoms. The molecule has 1 aliphatic rings. The van der Waals surface area contributed by atoms with Crippen molar-refractivity contribution in [2.75, 3.05) is 38.6 Å². The van der Waals surface area contributed by atoms with Crippen molar-refractivity contribution < 1.29 is 0 Å². The molecule has 21 heavy (non-hydrogen) atoms. The summed E-state index contributed by atoms with van der Waals surface area (Å²) in [5, 5.41) is 0. The molecule has 2 rings (SSSR count). The molecule has 0 bridgehead atoms. The fourth-order valence-corrected chi connectivity index (χ4v) is 2.90. The van der Waals surface area contributed by atoms with E-state index in [0.717, 1.165) is 29.7 Å². The Morgan fingerprint density at radius 2 is 2.05 bits per heavy atom. The van der Waals surface area contributed by atoms with E-state index in [-0.39, 0.29) is 0 Å². The summed E-state index contributed by atoms with van der Waals surface area (Å²) in [4.78, 5) is 13.8. The van der Waals surface area contributed by atoms with E-state index < -0.39 is 0 Å². The quantitative estimate of drug-likeness (QED) is 0.897. The van der Waals surface area contributed by atoms with Gasteiger partial charge in [0.05, 0.1) is 17.6 Å². The summed E-state index contributed by atoms with van der Waals surface area (Å²) in [5.74, 6) is 1.97. The van der Waals surface area contributed by atoms with Crippen LogP contribution >= 0.6 is 0 Å². The average molecular weight is 291 g/mol. The van der Waals surface area contributed by atoms with Crippen molar-refractivity contribution in [1.29, 1.82) is 0 Å². The van der Waals surface area contributed by atoms with Crippen LogP contribution in [0.1, 0.15) is 44.1 Å². The number of hydrogen-bond donors (Lipinski definition) is 1. The van der Waals surface area contributed by atoms with Gasteiger partial charge in [0, 0.05) is 26.1 Å². The lowest BCUT2D eigenvalue weighted by molar-refractivity contribution is 0.222. The van der Waals surface area contributed by atoms with Crippen LogP contribution in [0.15, 0.2) is 6.20 Å². The second kappa shape index (κ2) is 7.18. The van der Waals surface area contributed by atoms with Gasteiger partial charge in [-0.15, -0.1) is 0 Å². The van der Waals surface area contributed by atoms with Crippen molar-refractivity contribution in [3.05, 3.63) is 17.7 Å². The highest BCUT2D eigenvalue weighted by Crippen LogP contribution is 2.23. The SMILES string of the molecule is CC(C)c1ncc(N(C)CC2CCN(C)CC2)c(CN)n1. The molecule has 2 heterocycles. The predicted molar refractivity (Wildman–Crippen MR) is 87.5 cm³/mol. The number of aromatic nitrogens is 2. The Morgan fingerprint density at radius 3 is 2.62 bits per heavy atom. The van der Waals surface area contributed by atoms with Crippen LogP contribution in [0, 0.1) is 5.92 Å². The van der Waals surface area contributed by atoms with Crippen LogP contribution in [-0.2, 0) is 6.54 Å². The Hall–Kier alpha value is -1.20. The molecule has 1 saturated heterocycles. The summed E-state index contributed by atoms with van der Waals surface area (Å²) in [5.41, 5.74) is 7.93. The van der Waals surface area contributed by atoms with Crippen molar-refractivity contribution in [3.63, 3.8) is 0 Å². The molecular weight excluding hydrogens is 262 g/mol. The van der Waals surface area contributed by atoms with Gasteiger partial charge in [0.25, 0.3) is 0 Å². The van der Waals surface area contributed by atoms with Crippen LogP contribution in [0.25, 0.3) is 0 Å². The maximum Gasteiger partial charge on any atom is 0.131 e. The van der Waals surface area contributed by atoms with Gasteiger partial charge in [-0.1, -0.05) is 13.8 Å². The summed E-state index contributed by atoms with van der Waals surface area (Å²) in [6, 6.07) is 0. The van der Waals surface area contributed by atoms with Crippen LogP contribution < -0.4 is 10.6 Å².